The van der Waals surface area contributed by atoms with Crippen LogP contribution in [0.5, 0.6) is 0 Å². The lowest BCUT2D eigenvalue weighted by Crippen LogP contribution is -2.37. The predicted octanol–water partition coefficient (Wildman–Crippen LogP) is 1.13. The zero-order chi connectivity index (χ0) is 9.78. The second-order valence-corrected chi connectivity index (χ2v) is 2.54. The number of carbonyl (C=O) groups is 2. The third-order valence-electron chi connectivity index (χ3n) is 1.76. The first kappa shape index (κ1) is 10.7. The maximum Gasteiger partial charge on any atom is 0.324 e. The second kappa shape index (κ2) is 3.90. The molecule has 0 aliphatic rings. The van der Waals surface area contributed by atoms with Crippen LogP contribution in [-0.2, 0) is 9.59 Å². The van der Waals surface area contributed by atoms with E-state index in [1.54, 1.807) is 6.92 Å². The lowest BCUT2D eigenvalue weighted by Gasteiger charge is -2.19. The Morgan fingerprint density at radius 3 is 1.92 bits per heavy atom. The first-order valence-electron chi connectivity index (χ1n) is 3.61. The average molecular weight is 172 g/mol. The first-order chi connectivity index (χ1) is 5.51. The molecule has 0 saturated carbocycles. The standard InChI is InChI=1S/C8H12O4/c1-3-5-8(4-2,6(9)10)7(11)12/h4H,2-3,5H2,1H3,(H,9,10)(H,11,12). The van der Waals surface area contributed by atoms with Gasteiger partial charge in [-0.15, -0.1) is 6.58 Å². The van der Waals surface area contributed by atoms with Crippen LogP contribution in [0, 0.1) is 5.41 Å². The summed E-state index contributed by atoms with van der Waals surface area (Å²) in [7, 11) is 0. The molecular formula is C8H12O4. The minimum Gasteiger partial charge on any atom is -0.480 e. The summed E-state index contributed by atoms with van der Waals surface area (Å²) in [5, 5.41) is 17.3. The Bertz CT molecular complexity index is 193. The molecule has 0 aliphatic heterocycles. The number of hydrogen-bond acceptors (Lipinski definition) is 2. The van der Waals surface area contributed by atoms with Crippen molar-refractivity contribution in [2.45, 2.75) is 19.8 Å². The molecule has 68 valence electrons. The van der Waals surface area contributed by atoms with Gasteiger partial charge < -0.3 is 10.2 Å². The van der Waals surface area contributed by atoms with E-state index in [-0.39, 0.29) is 6.42 Å². The van der Waals surface area contributed by atoms with Gasteiger partial charge in [-0.1, -0.05) is 19.4 Å². The van der Waals surface area contributed by atoms with Crippen molar-refractivity contribution < 1.29 is 19.8 Å². The van der Waals surface area contributed by atoms with Crippen LogP contribution in [0.3, 0.4) is 0 Å². The zero-order valence-electron chi connectivity index (χ0n) is 6.91. The fourth-order valence-corrected chi connectivity index (χ4v) is 0.976. The van der Waals surface area contributed by atoms with Crippen LogP contribution >= 0.6 is 0 Å². The van der Waals surface area contributed by atoms with Gasteiger partial charge in [-0.25, -0.2) is 0 Å². The van der Waals surface area contributed by atoms with Crippen molar-refractivity contribution in [1.29, 1.82) is 0 Å². The van der Waals surface area contributed by atoms with E-state index < -0.39 is 17.4 Å². The van der Waals surface area contributed by atoms with Crippen LogP contribution in [0.2, 0.25) is 0 Å². The van der Waals surface area contributed by atoms with E-state index >= 15 is 0 Å². The molecule has 0 heterocycles. The lowest BCUT2D eigenvalue weighted by molar-refractivity contribution is -0.161. The van der Waals surface area contributed by atoms with Gasteiger partial charge in [0.05, 0.1) is 0 Å². The number of rotatable bonds is 5. The van der Waals surface area contributed by atoms with E-state index in [4.69, 9.17) is 10.2 Å². The van der Waals surface area contributed by atoms with Crippen LogP contribution in [0.15, 0.2) is 12.7 Å². The highest BCUT2D eigenvalue weighted by molar-refractivity contribution is 6.00. The molecule has 0 atom stereocenters. The van der Waals surface area contributed by atoms with Crippen LogP contribution in [0.4, 0.5) is 0 Å². The van der Waals surface area contributed by atoms with Crippen molar-refractivity contribution >= 4 is 11.9 Å². The average Bonchev–Trinajstić information content (AvgIpc) is 1.98. The minimum atomic E-state index is -1.81. The van der Waals surface area contributed by atoms with Gasteiger partial charge in [-0.05, 0) is 6.42 Å². The summed E-state index contributed by atoms with van der Waals surface area (Å²) < 4.78 is 0. The predicted molar refractivity (Wildman–Crippen MR) is 42.8 cm³/mol. The van der Waals surface area contributed by atoms with E-state index in [2.05, 4.69) is 6.58 Å². The van der Waals surface area contributed by atoms with Gasteiger partial charge in [0.15, 0.2) is 5.41 Å². The van der Waals surface area contributed by atoms with Gasteiger partial charge in [-0.3, -0.25) is 9.59 Å². The van der Waals surface area contributed by atoms with Crippen LogP contribution in [-0.4, -0.2) is 22.2 Å². The Hall–Kier alpha value is -1.32. The Balaban J connectivity index is 4.89. The van der Waals surface area contributed by atoms with Crippen molar-refractivity contribution in [1.82, 2.24) is 0 Å². The summed E-state index contributed by atoms with van der Waals surface area (Å²) in [6.45, 7) is 4.96. The Kier molecular flexibility index (Phi) is 3.47. The SMILES string of the molecule is C=CC(CCC)(C(=O)O)C(=O)O. The van der Waals surface area contributed by atoms with E-state index in [0.29, 0.717) is 6.42 Å². The molecule has 0 fully saturated rings. The summed E-state index contributed by atoms with van der Waals surface area (Å²) in [6.07, 6.45) is 1.53. The van der Waals surface area contributed by atoms with Gasteiger partial charge in [-0.2, -0.15) is 0 Å². The molecule has 0 aromatic heterocycles. The van der Waals surface area contributed by atoms with Gasteiger partial charge in [0.25, 0.3) is 0 Å². The van der Waals surface area contributed by atoms with E-state index in [0.717, 1.165) is 6.08 Å². The zero-order valence-corrected chi connectivity index (χ0v) is 6.91. The molecule has 12 heavy (non-hydrogen) atoms. The number of hydrogen-bond donors (Lipinski definition) is 2. The Morgan fingerprint density at radius 1 is 1.42 bits per heavy atom. The monoisotopic (exact) mass is 172 g/mol. The third-order valence-corrected chi connectivity index (χ3v) is 1.76. The van der Waals surface area contributed by atoms with Crippen molar-refractivity contribution in [2.75, 3.05) is 0 Å². The maximum absolute atomic E-state index is 10.6. The molecule has 0 unspecified atom stereocenters. The summed E-state index contributed by atoms with van der Waals surface area (Å²) in [5.41, 5.74) is -1.81. The Morgan fingerprint density at radius 2 is 1.83 bits per heavy atom. The fourth-order valence-electron chi connectivity index (χ4n) is 0.976. The van der Waals surface area contributed by atoms with Crippen LogP contribution in [0.1, 0.15) is 19.8 Å². The third kappa shape index (κ3) is 1.64. The van der Waals surface area contributed by atoms with Crippen molar-refractivity contribution in [3.05, 3.63) is 12.7 Å². The molecule has 0 bridgehead atoms. The summed E-state index contributed by atoms with van der Waals surface area (Å²) in [6, 6.07) is 0. The van der Waals surface area contributed by atoms with Gasteiger partial charge >= 0.3 is 11.9 Å². The molecule has 0 saturated heterocycles. The normalized spacial score (nSPS) is 10.8. The van der Waals surface area contributed by atoms with E-state index in [9.17, 15) is 9.59 Å². The highest BCUT2D eigenvalue weighted by atomic mass is 16.4. The maximum atomic E-state index is 10.6. The topological polar surface area (TPSA) is 74.6 Å². The smallest absolute Gasteiger partial charge is 0.324 e. The van der Waals surface area contributed by atoms with Crippen LogP contribution in [0.25, 0.3) is 0 Å². The highest BCUT2D eigenvalue weighted by Crippen LogP contribution is 2.25. The largest absolute Gasteiger partial charge is 0.480 e. The molecule has 4 heteroatoms. The quantitative estimate of drug-likeness (QED) is 0.481. The van der Waals surface area contributed by atoms with E-state index in [1.165, 1.54) is 0 Å². The summed E-state index contributed by atoms with van der Waals surface area (Å²) >= 11 is 0. The Labute approximate surface area is 70.5 Å². The number of aliphatic carboxylic acids is 2. The molecule has 0 aromatic rings. The molecule has 0 aromatic carbocycles. The summed E-state index contributed by atoms with van der Waals surface area (Å²) in [4.78, 5) is 21.3. The van der Waals surface area contributed by atoms with Crippen molar-refractivity contribution in [3.8, 4) is 0 Å². The second-order valence-electron chi connectivity index (χ2n) is 2.54. The van der Waals surface area contributed by atoms with Crippen molar-refractivity contribution in [2.24, 2.45) is 5.41 Å². The van der Waals surface area contributed by atoms with Gasteiger partial charge in [0.1, 0.15) is 0 Å². The van der Waals surface area contributed by atoms with Gasteiger partial charge in [0.2, 0.25) is 0 Å². The van der Waals surface area contributed by atoms with Crippen molar-refractivity contribution in [3.63, 3.8) is 0 Å². The molecule has 0 radical (unpaired) electrons. The molecule has 0 amide bonds. The first-order valence-corrected chi connectivity index (χ1v) is 3.61. The minimum absolute atomic E-state index is 0.0706. The highest BCUT2D eigenvalue weighted by Gasteiger charge is 2.42. The lowest BCUT2D eigenvalue weighted by atomic mass is 9.84. The molecule has 0 spiro atoms. The molecule has 0 rings (SSSR count). The van der Waals surface area contributed by atoms with Crippen LogP contribution < -0.4 is 0 Å². The molecule has 0 aliphatic carbocycles. The van der Waals surface area contributed by atoms with E-state index in [1.807, 2.05) is 0 Å². The summed E-state index contributed by atoms with van der Waals surface area (Å²) in [5.74, 6) is -2.71. The number of carboxylic acid groups (broad SMARTS) is 2. The fraction of sp³-hybridized carbons (Fsp3) is 0.500. The molecule has 4 nitrogen and oxygen atoms in total. The molecule has 2 N–H and O–H groups in total. The number of carboxylic acids is 2. The van der Waals surface area contributed by atoms with Gasteiger partial charge in [0, 0.05) is 0 Å². The molecular weight excluding hydrogens is 160 g/mol.